The normalized spacial score (nSPS) is 16.9. The monoisotopic (exact) mass is 390 g/mol. The van der Waals surface area contributed by atoms with Gasteiger partial charge in [0.05, 0.1) is 5.25 Å². The summed E-state index contributed by atoms with van der Waals surface area (Å²) in [5.41, 5.74) is 0.768. The maximum Gasteiger partial charge on any atom is 0.233 e. The lowest BCUT2D eigenvalue weighted by Crippen LogP contribution is -2.46. The van der Waals surface area contributed by atoms with Crippen molar-refractivity contribution in [3.63, 3.8) is 0 Å². The molecule has 1 aliphatic rings. The number of carbonyl (C=O) groups is 1. The molecule has 1 heterocycles. The van der Waals surface area contributed by atoms with Crippen molar-refractivity contribution in [1.82, 2.24) is 10.2 Å². The molecule has 0 radical (unpaired) electrons. The molecule has 1 amide bonds. The zero-order valence-corrected chi connectivity index (χ0v) is 16.1. The molecule has 2 aromatic carbocycles. The number of hydrogen-bond acceptors (Lipinski definition) is 3. The van der Waals surface area contributed by atoms with E-state index in [1.54, 1.807) is 17.8 Å². The molecule has 2 aromatic rings. The van der Waals surface area contributed by atoms with Crippen molar-refractivity contribution in [3.8, 4) is 0 Å². The van der Waals surface area contributed by atoms with Crippen molar-refractivity contribution in [2.45, 2.75) is 42.5 Å². The molecule has 1 N–H and O–H groups in total. The van der Waals surface area contributed by atoms with Crippen molar-refractivity contribution in [1.29, 1.82) is 0 Å². The van der Waals surface area contributed by atoms with Gasteiger partial charge in [0.2, 0.25) is 5.91 Å². The van der Waals surface area contributed by atoms with Gasteiger partial charge in [-0.05, 0) is 49.6 Å². The predicted molar refractivity (Wildman–Crippen MR) is 105 cm³/mol. The summed E-state index contributed by atoms with van der Waals surface area (Å²) in [6.45, 7) is 4.16. The first-order chi connectivity index (χ1) is 13.0. The van der Waals surface area contributed by atoms with Crippen LogP contribution in [0.5, 0.6) is 0 Å². The second-order valence-electron chi connectivity index (χ2n) is 6.88. The number of thioether (sulfide) groups is 1. The molecule has 0 saturated carbocycles. The average molecular weight is 390 g/mol. The highest BCUT2D eigenvalue weighted by atomic mass is 32.2. The Morgan fingerprint density at radius 2 is 1.85 bits per heavy atom. The summed E-state index contributed by atoms with van der Waals surface area (Å²) in [7, 11) is 0. The van der Waals surface area contributed by atoms with E-state index in [1.165, 1.54) is 12.1 Å². The molecule has 1 saturated heterocycles. The van der Waals surface area contributed by atoms with Crippen molar-refractivity contribution in [2.75, 3.05) is 13.1 Å². The average Bonchev–Trinajstić information content (AvgIpc) is 2.67. The molecule has 27 heavy (non-hydrogen) atoms. The van der Waals surface area contributed by atoms with Crippen molar-refractivity contribution in [3.05, 3.63) is 65.7 Å². The number of nitrogens with one attached hydrogen (secondary N) is 1. The van der Waals surface area contributed by atoms with Gasteiger partial charge in [-0.1, -0.05) is 24.3 Å². The van der Waals surface area contributed by atoms with Gasteiger partial charge in [-0.25, -0.2) is 8.78 Å². The highest BCUT2D eigenvalue weighted by molar-refractivity contribution is 8.00. The van der Waals surface area contributed by atoms with Crippen LogP contribution in [0.15, 0.2) is 53.4 Å². The first-order valence-corrected chi connectivity index (χ1v) is 10.1. The van der Waals surface area contributed by atoms with Gasteiger partial charge in [0.25, 0.3) is 0 Å². The Hall–Kier alpha value is -1.92. The third-order valence-electron chi connectivity index (χ3n) is 4.75. The topological polar surface area (TPSA) is 32.3 Å². The Morgan fingerprint density at radius 3 is 2.52 bits per heavy atom. The Kier molecular flexibility index (Phi) is 6.85. The van der Waals surface area contributed by atoms with Gasteiger partial charge in [-0.15, -0.1) is 11.8 Å². The molecule has 3 rings (SSSR count). The number of carbonyl (C=O) groups excluding carboxylic acids is 1. The van der Waals surface area contributed by atoms with E-state index in [2.05, 4.69) is 10.2 Å². The van der Waals surface area contributed by atoms with Gasteiger partial charge in [0.1, 0.15) is 0 Å². The van der Waals surface area contributed by atoms with Crippen LogP contribution in [0.2, 0.25) is 0 Å². The number of nitrogens with zero attached hydrogens (tertiary/aromatic N) is 1. The molecule has 3 nitrogen and oxygen atoms in total. The molecule has 1 aliphatic heterocycles. The molecule has 1 atom stereocenters. The van der Waals surface area contributed by atoms with Crippen LogP contribution in [0.1, 0.15) is 25.3 Å². The minimum atomic E-state index is -0.817. The van der Waals surface area contributed by atoms with Gasteiger partial charge in [0.15, 0.2) is 11.6 Å². The molecule has 144 valence electrons. The van der Waals surface area contributed by atoms with E-state index in [0.29, 0.717) is 6.54 Å². The first kappa shape index (κ1) is 19.8. The number of benzene rings is 2. The lowest BCUT2D eigenvalue weighted by molar-refractivity contribution is -0.121. The smallest absolute Gasteiger partial charge is 0.233 e. The molecule has 1 unspecified atom stereocenters. The zero-order valence-electron chi connectivity index (χ0n) is 15.3. The fourth-order valence-corrected chi connectivity index (χ4v) is 4.10. The predicted octanol–water partition coefficient (Wildman–Crippen LogP) is 4.23. The number of piperidine rings is 1. The maximum absolute atomic E-state index is 13.3. The molecular weight excluding hydrogens is 366 g/mol. The molecule has 0 aliphatic carbocycles. The van der Waals surface area contributed by atoms with E-state index in [4.69, 9.17) is 0 Å². The summed E-state index contributed by atoms with van der Waals surface area (Å²) in [6.07, 6.45) is 1.72. The van der Waals surface area contributed by atoms with Crippen molar-refractivity contribution < 1.29 is 13.6 Å². The Bertz CT molecular complexity index is 764. The summed E-state index contributed by atoms with van der Waals surface area (Å²) >= 11 is 1.56. The van der Waals surface area contributed by atoms with Crippen LogP contribution in [-0.4, -0.2) is 35.2 Å². The van der Waals surface area contributed by atoms with Crippen molar-refractivity contribution >= 4 is 17.7 Å². The Labute approximate surface area is 163 Å². The molecule has 6 heteroatoms. The quantitative estimate of drug-likeness (QED) is 0.750. The molecule has 0 spiro atoms. The van der Waals surface area contributed by atoms with Gasteiger partial charge in [0, 0.05) is 30.6 Å². The lowest BCUT2D eigenvalue weighted by atomic mass is 10.0. The fourth-order valence-electron chi connectivity index (χ4n) is 3.21. The summed E-state index contributed by atoms with van der Waals surface area (Å²) < 4.78 is 26.4. The van der Waals surface area contributed by atoms with E-state index in [-0.39, 0.29) is 17.2 Å². The fraction of sp³-hybridized carbons (Fsp3) is 0.381. The first-order valence-electron chi connectivity index (χ1n) is 9.19. The van der Waals surface area contributed by atoms with Crippen LogP contribution in [0.4, 0.5) is 8.78 Å². The summed E-state index contributed by atoms with van der Waals surface area (Å²) in [6, 6.07) is 14.1. The number of likely N-dealkylation sites (tertiary alicyclic amines) is 1. The number of rotatable bonds is 6. The van der Waals surface area contributed by atoms with E-state index < -0.39 is 11.6 Å². The highest BCUT2D eigenvalue weighted by Gasteiger charge is 2.23. The SMILES string of the molecule is CC(Sc1ccccc1)C(=O)NC1CCN(Cc2ccc(F)c(F)c2)CC1. The summed E-state index contributed by atoms with van der Waals surface area (Å²) in [5, 5.41) is 3.00. The molecule has 1 fully saturated rings. The second kappa shape index (κ2) is 9.33. The summed E-state index contributed by atoms with van der Waals surface area (Å²) in [4.78, 5) is 15.7. The van der Waals surface area contributed by atoms with Gasteiger partial charge in [-0.3, -0.25) is 9.69 Å². The number of amides is 1. The largest absolute Gasteiger partial charge is 0.352 e. The van der Waals surface area contributed by atoms with Crippen LogP contribution < -0.4 is 5.32 Å². The standard InChI is InChI=1S/C21H24F2N2OS/c1-15(27-18-5-3-2-4-6-18)21(26)24-17-9-11-25(12-10-17)14-16-7-8-19(22)20(23)13-16/h2-8,13,15,17H,9-12,14H2,1H3,(H,24,26). The van der Waals surface area contributed by atoms with Gasteiger partial charge < -0.3 is 5.32 Å². The minimum absolute atomic E-state index is 0.0582. The number of halogens is 2. The molecule has 0 aromatic heterocycles. The van der Waals surface area contributed by atoms with Crippen LogP contribution in [0, 0.1) is 11.6 Å². The maximum atomic E-state index is 13.3. The second-order valence-corrected chi connectivity index (χ2v) is 8.29. The minimum Gasteiger partial charge on any atom is -0.352 e. The number of hydrogen-bond donors (Lipinski definition) is 1. The zero-order chi connectivity index (χ0) is 19.2. The van der Waals surface area contributed by atoms with E-state index in [0.717, 1.165) is 36.4 Å². The molecule has 0 bridgehead atoms. The third-order valence-corrected chi connectivity index (χ3v) is 5.86. The summed E-state index contributed by atoms with van der Waals surface area (Å²) in [5.74, 6) is -1.56. The van der Waals surface area contributed by atoms with Crippen LogP contribution in [0.25, 0.3) is 0 Å². The van der Waals surface area contributed by atoms with Crippen molar-refractivity contribution in [2.24, 2.45) is 0 Å². The Morgan fingerprint density at radius 1 is 1.15 bits per heavy atom. The van der Waals surface area contributed by atoms with Gasteiger partial charge >= 0.3 is 0 Å². The Balaban J connectivity index is 1.43. The van der Waals surface area contributed by atoms with E-state index in [9.17, 15) is 13.6 Å². The van der Waals surface area contributed by atoms with Crippen LogP contribution in [-0.2, 0) is 11.3 Å². The van der Waals surface area contributed by atoms with Crippen LogP contribution >= 0.6 is 11.8 Å². The van der Waals surface area contributed by atoms with E-state index >= 15 is 0 Å². The molecular formula is C21H24F2N2OS. The van der Waals surface area contributed by atoms with Crippen LogP contribution in [0.3, 0.4) is 0 Å². The highest BCUT2D eigenvalue weighted by Crippen LogP contribution is 2.23. The third kappa shape index (κ3) is 5.78. The van der Waals surface area contributed by atoms with Gasteiger partial charge in [-0.2, -0.15) is 0 Å². The van der Waals surface area contributed by atoms with E-state index in [1.807, 2.05) is 37.3 Å². The lowest BCUT2D eigenvalue weighted by Gasteiger charge is -2.32.